The molecule has 0 atom stereocenters. The highest BCUT2D eigenvalue weighted by Gasteiger charge is 2.15. The van der Waals surface area contributed by atoms with Crippen LogP contribution in [0.2, 0.25) is 0 Å². The molecular weight excluding hydrogens is 398 g/mol. The van der Waals surface area contributed by atoms with E-state index < -0.39 is 10.1 Å². The lowest BCUT2D eigenvalue weighted by Gasteiger charge is -2.23. The maximum Gasteiger partial charge on any atom is 0.306 e. The molecule has 5 nitrogen and oxygen atoms in total. The van der Waals surface area contributed by atoms with Gasteiger partial charge in [-0.05, 0) is 29.7 Å². The molecule has 0 bridgehead atoms. The van der Waals surface area contributed by atoms with Crippen LogP contribution in [0, 0.1) is 0 Å². The summed E-state index contributed by atoms with van der Waals surface area (Å²) in [7, 11) is -3.55. The van der Waals surface area contributed by atoms with Gasteiger partial charge in [-0.1, -0.05) is 81.5 Å². The Kier molecular flexibility index (Phi) is 9.87. The summed E-state index contributed by atoms with van der Waals surface area (Å²) in [4.78, 5) is 14.8. The van der Waals surface area contributed by atoms with E-state index in [1.165, 1.54) is 25.7 Å². The fourth-order valence-electron chi connectivity index (χ4n) is 3.30. The molecule has 0 N–H and O–H groups in total. The first-order valence-corrected chi connectivity index (χ1v) is 12.5. The van der Waals surface area contributed by atoms with Gasteiger partial charge < -0.3 is 9.08 Å². The Morgan fingerprint density at radius 1 is 0.833 bits per heavy atom. The zero-order chi connectivity index (χ0) is 21.8. The number of amides is 1. The van der Waals surface area contributed by atoms with Gasteiger partial charge in [-0.2, -0.15) is 8.42 Å². The van der Waals surface area contributed by atoms with Crippen molar-refractivity contribution in [3.05, 3.63) is 65.7 Å². The molecule has 2 aromatic rings. The lowest BCUT2D eigenvalue weighted by molar-refractivity contribution is -0.132. The second-order valence-corrected chi connectivity index (χ2v) is 9.26. The van der Waals surface area contributed by atoms with Crippen LogP contribution in [0.3, 0.4) is 0 Å². The average Bonchev–Trinajstić information content (AvgIpc) is 2.71. The van der Waals surface area contributed by atoms with E-state index in [2.05, 4.69) is 6.92 Å². The van der Waals surface area contributed by atoms with Crippen molar-refractivity contribution in [1.29, 1.82) is 0 Å². The van der Waals surface area contributed by atoms with Crippen molar-refractivity contribution < 1.29 is 17.4 Å². The van der Waals surface area contributed by atoms with E-state index >= 15 is 0 Å². The highest BCUT2D eigenvalue weighted by molar-refractivity contribution is 7.86. The molecule has 0 spiro atoms. The normalized spacial score (nSPS) is 11.3. The Labute approximate surface area is 181 Å². The molecule has 164 valence electrons. The lowest BCUT2D eigenvalue weighted by Crippen LogP contribution is -2.29. The van der Waals surface area contributed by atoms with Crippen molar-refractivity contribution in [2.75, 3.05) is 6.26 Å². The number of nitrogens with zero attached hydrogens (tertiary/aromatic N) is 1. The van der Waals surface area contributed by atoms with Crippen LogP contribution in [0.15, 0.2) is 54.6 Å². The number of hydrogen-bond donors (Lipinski definition) is 0. The molecule has 0 aromatic heterocycles. The quantitative estimate of drug-likeness (QED) is 0.319. The van der Waals surface area contributed by atoms with Gasteiger partial charge in [0.25, 0.3) is 0 Å². The average molecular weight is 432 g/mol. The summed E-state index contributed by atoms with van der Waals surface area (Å²) in [6.07, 6.45) is 8.46. The Balaban J connectivity index is 1.99. The Morgan fingerprint density at radius 3 is 2.00 bits per heavy atom. The van der Waals surface area contributed by atoms with Crippen LogP contribution in [0.25, 0.3) is 0 Å². The van der Waals surface area contributed by atoms with Gasteiger partial charge in [-0.25, -0.2) is 0 Å². The van der Waals surface area contributed by atoms with Gasteiger partial charge in [0.05, 0.1) is 6.26 Å². The molecule has 0 saturated heterocycles. The Morgan fingerprint density at radius 2 is 1.40 bits per heavy atom. The summed E-state index contributed by atoms with van der Waals surface area (Å²) < 4.78 is 27.4. The molecule has 0 aliphatic rings. The van der Waals surface area contributed by atoms with Gasteiger partial charge in [0.15, 0.2) is 0 Å². The van der Waals surface area contributed by atoms with Gasteiger partial charge in [0.2, 0.25) is 5.91 Å². The SMILES string of the molecule is CCCCCCCCC(=O)N(Cc1ccccc1)Cc1ccc(OS(C)(=O)=O)cc1. The van der Waals surface area contributed by atoms with Gasteiger partial charge in [0.1, 0.15) is 5.75 Å². The number of unbranched alkanes of at least 4 members (excludes halogenated alkanes) is 5. The second kappa shape index (κ2) is 12.4. The first-order chi connectivity index (χ1) is 14.4. The van der Waals surface area contributed by atoms with Crippen LogP contribution in [-0.2, 0) is 28.0 Å². The topological polar surface area (TPSA) is 63.7 Å². The third-order valence-corrected chi connectivity index (χ3v) is 5.35. The van der Waals surface area contributed by atoms with E-state index in [-0.39, 0.29) is 11.7 Å². The van der Waals surface area contributed by atoms with E-state index in [1.807, 2.05) is 35.2 Å². The summed E-state index contributed by atoms with van der Waals surface area (Å²) in [6, 6.07) is 16.8. The van der Waals surface area contributed by atoms with E-state index in [0.29, 0.717) is 19.5 Å². The number of carbonyl (C=O) groups excluding carboxylic acids is 1. The maximum absolute atomic E-state index is 12.9. The zero-order valence-electron chi connectivity index (χ0n) is 18.0. The minimum atomic E-state index is -3.55. The minimum Gasteiger partial charge on any atom is -0.383 e. The molecule has 0 aliphatic heterocycles. The van der Waals surface area contributed by atoms with Crippen LogP contribution < -0.4 is 4.18 Å². The van der Waals surface area contributed by atoms with Crippen LogP contribution in [0.4, 0.5) is 0 Å². The molecule has 6 heteroatoms. The van der Waals surface area contributed by atoms with E-state index in [1.54, 1.807) is 24.3 Å². The number of hydrogen-bond acceptors (Lipinski definition) is 4. The molecule has 1 amide bonds. The van der Waals surface area contributed by atoms with Gasteiger partial charge in [-0.3, -0.25) is 4.79 Å². The van der Waals surface area contributed by atoms with Crippen molar-refractivity contribution >= 4 is 16.0 Å². The van der Waals surface area contributed by atoms with Gasteiger partial charge in [-0.15, -0.1) is 0 Å². The van der Waals surface area contributed by atoms with Crippen molar-refractivity contribution in [3.8, 4) is 5.75 Å². The Bertz CT molecular complexity index is 864. The number of benzene rings is 2. The smallest absolute Gasteiger partial charge is 0.306 e. The number of carbonyl (C=O) groups is 1. The van der Waals surface area contributed by atoms with Crippen molar-refractivity contribution in [2.45, 2.75) is 65.0 Å². The molecule has 0 heterocycles. The summed E-state index contributed by atoms with van der Waals surface area (Å²) in [6.45, 7) is 3.23. The molecule has 0 unspecified atom stereocenters. The van der Waals surface area contributed by atoms with Gasteiger partial charge in [0, 0.05) is 19.5 Å². The van der Waals surface area contributed by atoms with Crippen molar-refractivity contribution in [3.63, 3.8) is 0 Å². The third kappa shape index (κ3) is 9.44. The van der Waals surface area contributed by atoms with E-state index in [0.717, 1.165) is 30.2 Å². The molecular formula is C24H33NO4S. The summed E-state index contributed by atoms with van der Waals surface area (Å²) >= 11 is 0. The van der Waals surface area contributed by atoms with E-state index in [4.69, 9.17) is 4.18 Å². The molecule has 2 rings (SSSR count). The molecule has 0 aliphatic carbocycles. The maximum atomic E-state index is 12.9. The summed E-state index contributed by atoms with van der Waals surface area (Å²) in [5.41, 5.74) is 2.02. The molecule has 0 saturated carbocycles. The summed E-state index contributed by atoms with van der Waals surface area (Å²) in [5.74, 6) is 0.417. The highest BCUT2D eigenvalue weighted by atomic mass is 32.2. The van der Waals surface area contributed by atoms with Gasteiger partial charge >= 0.3 is 10.1 Å². The Hall–Kier alpha value is -2.34. The van der Waals surface area contributed by atoms with E-state index in [9.17, 15) is 13.2 Å². The minimum absolute atomic E-state index is 0.144. The molecule has 0 fully saturated rings. The molecule has 30 heavy (non-hydrogen) atoms. The fraction of sp³-hybridized carbons (Fsp3) is 0.458. The van der Waals surface area contributed by atoms with Crippen LogP contribution in [0.1, 0.15) is 63.0 Å². The first-order valence-electron chi connectivity index (χ1n) is 10.7. The second-order valence-electron chi connectivity index (χ2n) is 7.68. The first kappa shape index (κ1) is 23.9. The molecule has 0 radical (unpaired) electrons. The largest absolute Gasteiger partial charge is 0.383 e. The standard InChI is InChI=1S/C24H33NO4S/c1-3-4-5-6-7-11-14-24(26)25(19-21-12-9-8-10-13-21)20-22-15-17-23(18-16-22)29-30(2,27)28/h8-10,12-13,15-18H,3-7,11,14,19-20H2,1-2H3. The zero-order valence-corrected chi connectivity index (χ0v) is 18.9. The van der Waals surface area contributed by atoms with Crippen LogP contribution in [-0.4, -0.2) is 25.5 Å². The predicted molar refractivity (Wildman–Crippen MR) is 121 cm³/mol. The number of rotatable bonds is 13. The monoisotopic (exact) mass is 431 g/mol. The summed E-state index contributed by atoms with van der Waals surface area (Å²) in [5, 5.41) is 0. The van der Waals surface area contributed by atoms with Crippen LogP contribution >= 0.6 is 0 Å². The third-order valence-electron chi connectivity index (χ3n) is 4.86. The van der Waals surface area contributed by atoms with Crippen LogP contribution in [0.5, 0.6) is 5.75 Å². The lowest BCUT2D eigenvalue weighted by atomic mass is 10.1. The fourth-order valence-corrected chi connectivity index (χ4v) is 3.76. The molecule has 2 aromatic carbocycles. The van der Waals surface area contributed by atoms with Crippen molar-refractivity contribution in [2.24, 2.45) is 0 Å². The highest BCUT2D eigenvalue weighted by Crippen LogP contribution is 2.18. The predicted octanol–water partition coefficient (Wildman–Crippen LogP) is 5.30. The van der Waals surface area contributed by atoms with Crippen molar-refractivity contribution in [1.82, 2.24) is 4.90 Å².